The Labute approximate surface area is 106 Å². The molecule has 0 spiro atoms. The van der Waals surface area contributed by atoms with Crippen LogP contribution >= 0.6 is 0 Å². The first-order valence-electron chi connectivity index (χ1n) is 6.00. The second kappa shape index (κ2) is 5.27. The number of pyridine rings is 1. The first-order chi connectivity index (χ1) is 8.61. The number of aromatic nitrogens is 1. The maximum Gasteiger partial charge on any atom is 0.123 e. The lowest BCUT2D eigenvalue weighted by Crippen LogP contribution is -2.06. The molecule has 3 heteroatoms. The van der Waals surface area contributed by atoms with E-state index in [0.29, 0.717) is 11.3 Å². The zero-order valence-electron chi connectivity index (χ0n) is 10.5. The van der Waals surface area contributed by atoms with Crippen LogP contribution in [0.15, 0.2) is 36.5 Å². The van der Waals surface area contributed by atoms with Gasteiger partial charge in [-0.1, -0.05) is 19.1 Å². The average molecular weight is 245 g/mol. The predicted molar refractivity (Wildman–Crippen MR) is 68.8 cm³/mol. The molecule has 0 aliphatic heterocycles. The maximum absolute atomic E-state index is 13.4. The Morgan fingerprint density at radius 3 is 2.78 bits per heavy atom. The molecule has 1 heterocycles. The molecule has 1 atom stereocenters. The van der Waals surface area contributed by atoms with E-state index >= 15 is 0 Å². The van der Waals surface area contributed by atoms with Gasteiger partial charge in [0.1, 0.15) is 11.9 Å². The van der Waals surface area contributed by atoms with Crippen molar-refractivity contribution < 1.29 is 9.50 Å². The molecule has 0 fully saturated rings. The quantitative estimate of drug-likeness (QED) is 0.901. The smallest absolute Gasteiger partial charge is 0.123 e. The monoisotopic (exact) mass is 245 g/mol. The second-order valence-electron chi connectivity index (χ2n) is 4.37. The molecule has 1 unspecified atom stereocenters. The van der Waals surface area contributed by atoms with Crippen molar-refractivity contribution in [3.8, 4) is 0 Å². The molecule has 94 valence electrons. The normalized spacial score (nSPS) is 12.4. The van der Waals surface area contributed by atoms with Crippen LogP contribution in [0.4, 0.5) is 4.39 Å². The van der Waals surface area contributed by atoms with Crippen molar-refractivity contribution in [3.05, 3.63) is 64.7 Å². The Morgan fingerprint density at radius 1 is 1.33 bits per heavy atom. The van der Waals surface area contributed by atoms with Crippen LogP contribution < -0.4 is 0 Å². The summed E-state index contributed by atoms with van der Waals surface area (Å²) in [6.07, 6.45) is 1.55. The van der Waals surface area contributed by atoms with Crippen LogP contribution in [-0.4, -0.2) is 10.1 Å². The van der Waals surface area contributed by atoms with Gasteiger partial charge in [-0.2, -0.15) is 0 Å². The van der Waals surface area contributed by atoms with Gasteiger partial charge < -0.3 is 5.11 Å². The van der Waals surface area contributed by atoms with E-state index < -0.39 is 6.10 Å². The summed E-state index contributed by atoms with van der Waals surface area (Å²) >= 11 is 0. The minimum Gasteiger partial charge on any atom is -0.382 e. The van der Waals surface area contributed by atoms with Gasteiger partial charge in [-0.3, -0.25) is 4.98 Å². The number of benzene rings is 1. The lowest BCUT2D eigenvalue weighted by Gasteiger charge is -2.14. The van der Waals surface area contributed by atoms with Gasteiger partial charge in [0, 0.05) is 6.20 Å². The molecule has 1 N–H and O–H groups in total. The summed E-state index contributed by atoms with van der Waals surface area (Å²) in [5.74, 6) is -0.335. The highest BCUT2D eigenvalue weighted by Crippen LogP contribution is 2.24. The van der Waals surface area contributed by atoms with Crippen LogP contribution in [-0.2, 0) is 6.42 Å². The van der Waals surface area contributed by atoms with Crippen LogP contribution in [0.2, 0.25) is 0 Å². The first kappa shape index (κ1) is 12.7. The molecule has 2 rings (SSSR count). The Kier molecular flexibility index (Phi) is 3.72. The standard InChI is InChI=1S/C15H16FNO/c1-3-11-5-4-6-17-14(11)15(18)12-7-10(2)8-13(16)9-12/h4-9,15,18H,3H2,1-2H3. The molecule has 0 radical (unpaired) electrons. The van der Waals surface area contributed by atoms with E-state index in [9.17, 15) is 9.50 Å². The second-order valence-corrected chi connectivity index (χ2v) is 4.37. The van der Waals surface area contributed by atoms with Crippen molar-refractivity contribution in [2.24, 2.45) is 0 Å². The molecular weight excluding hydrogens is 229 g/mol. The van der Waals surface area contributed by atoms with Gasteiger partial charge in [0.25, 0.3) is 0 Å². The highest BCUT2D eigenvalue weighted by atomic mass is 19.1. The fraction of sp³-hybridized carbons (Fsp3) is 0.267. The minimum atomic E-state index is -0.879. The molecule has 2 nitrogen and oxygen atoms in total. The lowest BCUT2D eigenvalue weighted by atomic mass is 9.99. The molecule has 1 aromatic carbocycles. The topological polar surface area (TPSA) is 33.1 Å². The molecule has 0 amide bonds. The van der Waals surface area contributed by atoms with E-state index in [1.54, 1.807) is 19.2 Å². The van der Waals surface area contributed by atoms with Crippen molar-refractivity contribution in [2.75, 3.05) is 0 Å². The van der Waals surface area contributed by atoms with Crippen LogP contribution in [0.3, 0.4) is 0 Å². The van der Waals surface area contributed by atoms with Crippen LogP contribution in [0, 0.1) is 12.7 Å². The van der Waals surface area contributed by atoms with E-state index in [1.165, 1.54) is 12.1 Å². The van der Waals surface area contributed by atoms with Gasteiger partial charge in [0.15, 0.2) is 0 Å². The van der Waals surface area contributed by atoms with E-state index in [0.717, 1.165) is 17.5 Å². The number of aliphatic hydroxyl groups is 1. The first-order valence-corrected chi connectivity index (χ1v) is 6.00. The van der Waals surface area contributed by atoms with Crippen molar-refractivity contribution in [2.45, 2.75) is 26.4 Å². The van der Waals surface area contributed by atoms with Crippen molar-refractivity contribution in [1.82, 2.24) is 4.98 Å². The number of nitrogens with zero attached hydrogens (tertiary/aromatic N) is 1. The number of aliphatic hydroxyl groups excluding tert-OH is 1. The zero-order chi connectivity index (χ0) is 13.1. The molecule has 0 saturated heterocycles. The third-order valence-electron chi connectivity index (χ3n) is 2.95. The molecule has 0 aliphatic carbocycles. The van der Waals surface area contributed by atoms with Crippen LogP contribution in [0.25, 0.3) is 0 Å². The molecular formula is C15H16FNO. The van der Waals surface area contributed by atoms with Crippen molar-refractivity contribution >= 4 is 0 Å². The Bertz CT molecular complexity index is 534. The van der Waals surface area contributed by atoms with Gasteiger partial charge >= 0.3 is 0 Å². The number of hydrogen-bond acceptors (Lipinski definition) is 2. The summed E-state index contributed by atoms with van der Waals surface area (Å²) in [7, 11) is 0. The third kappa shape index (κ3) is 2.57. The molecule has 0 aliphatic rings. The molecule has 0 bridgehead atoms. The lowest BCUT2D eigenvalue weighted by molar-refractivity contribution is 0.213. The predicted octanol–water partition coefficient (Wildman–Crippen LogP) is 3.17. The van der Waals surface area contributed by atoms with Crippen molar-refractivity contribution in [1.29, 1.82) is 0 Å². The Morgan fingerprint density at radius 2 is 2.11 bits per heavy atom. The summed E-state index contributed by atoms with van der Waals surface area (Å²) in [5, 5.41) is 10.3. The van der Waals surface area contributed by atoms with Crippen molar-refractivity contribution in [3.63, 3.8) is 0 Å². The number of halogens is 1. The van der Waals surface area contributed by atoms with Gasteiger partial charge in [0.2, 0.25) is 0 Å². The van der Waals surface area contributed by atoms with E-state index in [2.05, 4.69) is 4.98 Å². The van der Waals surface area contributed by atoms with E-state index in [-0.39, 0.29) is 5.82 Å². The van der Waals surface area contributed by atoms with Gasteiger partial charge in [-0.15, -0.1) is 0 Å². The Hall–Kier alpha value is -1.74. The molecule has 18 heavy (non-hydrogen) atoms. The van der Waals surface area contributed by atoms with E-state index in [4.69, 9.17) is 0 Å². The summed E-state index contributed by atoms with van der Waals surface area (Å²) < 4.78 is 13.4. The summed E-state index contributed by atoms with van der Waals surface area (Å²) in [5.41, 5.74) is 2.91. The summed E-state index contributed by atoms with van der Waals surface area (Å²) in [6, 6.07) is 8.34. The molecule has 0 saturated carbocycles. The number of hydrogen-bond donors (Lipinski definition) is 1. The fourth-order valence-corrected chi connectivity index (χ4v) is 2.08. The summed E-state index contributed by atoms with van der Waals surface area (Å²) in [6.45, 7) is 3.81. The van der Waals surface area contributed by atoms with Crippen LogP contribution in [0.1, 0.15) is 35.4 Å². The summed E-state index contributed by atoms with van der Waals surface area (Å²) in [4.78, 5) is 4.21. The number of aryl methyl sites for hydroxylation is 2. The highest BCUT2D eigenvalue weighted by Gasteiger charge is 2.16. The molecule has 1 aromatic heterocycles. The van der Waals surface area contributed by atoms with Gasteiger partial charge in [0.05, 0.1) is 5.69 Å². The van der Waals surface area contributed by atoms with Gasteiger partial charge in [-0.25, -0.2) is 4.39 Å². The number of rotatable bonds is 3. The van der Waals surface area contributed by atoms with E-state index in [1.807, 2.05) is 19.1 Å². The maximum atomic E-state index is 13.4. The Balaban J connectivity index is 2.44. The third-order valence-corrected chi connectivity index (χ3v) is 2.95. The highest BCUT2D eigenvalue weighted by molar-refractivity contribution is 5.33. The zero-order valence-corrected chi connectivity index (χ0v) is 10.5. The molecule has 2 aromatic rings. The largest absolute Gasteiger partial charge is 0.382 e. The minimum absolute atomic E-state index is 0.335. The van der Waals surface area contributed by atoms with Gasteiger partial charge in [-0.05, 0) is 48.2 Å². The fourth-order valence-electron chi connectivity index (χ4n) is 2.08. The van der Waals surface area contributed by atoms with Crippen LogP contribution in [0.5, 0.6) is 0 Å². The SMILES string of the molecule is CCc1cccnc1C(O)c1cc(C)cc(F)c1. The average Bonchev–Trinajstić information content (AvgIpc) is 2.36.